The van der Waals surface area contributed by atoms with Crippen LogP contribution in [0.15, 0.2) is 48.5 Å². The Kier molecular flexibility index (Phi) is 3.35. The van der Waals surface area contributed by atoms with Crippen molar-refractivity contribution in [3.63, 3.8) is 0 Å². The predicted molar refractivity (Wildman–Crippen MR) is 82.6 cm³/mol. The lowest BCUT2D eigenvalue weighted by molar-refractivity contribution is 0.0997. The van der Waals surface area contributed by atoms with Crippen molar-refractivity contribution in [2.45, 2.75) is 0 Å². The topological polar surface area (TPSA) is 40.5 Å². The van der Waals surface area contributed by atoms with Gasteiger partial charge >= 0.3 is 0 Å². The Hall–Kier alpha value is -2.40. The van der Waals surface area contributed by atoms with Crippen molar-refractivity contribution < 1.29 is 14.3 Å². The Morgan fingerprint density at radius 3 is 2.57 bits per heavy atom. The number of fused-ring (bicyclic) bond motifs is 1. The lowest BCUT2D eigenvalue weighted by atomic mass is 10.2. The van der Waals surface area contributed by atoms with Crippen LogP contribution in [0.2, 0.25) is 0 Å². The number of thiophene rings is 1. The largest absolute Gasteiger partial charge is 0.508 e. The maximum absolute atomic E-state index is 13.2. The number of amides is 1. The number of aromatic hydroxyl groups is 1. The van der Waals surface area contributed by atoms with Crippen molar-refractivity contribution in [1.29, 1.82) is 0 Å². The maximum Gasteiger partial charge on any atom is 0.268 e. The highest BCUT2D eigenvalue weighted by atomic mass is 32.1. The number of anilines is 1. The normalized spacial score (nSPS) is 10.8. The lowest BCUT2D eigenvalue weighted by Crippen LogP contribution is -2.25. The van der Waals surface area contributed by atoms with Gasteiger partial charge in [0.1, 0.15) is 11.6 Å². The summed E-state index contributed by atoms with van der Waals surface area (Å²) in [6.45, 7) is 0. The Balaban J connectivity index is 1.94. The molecule has 0 aliphatic heterocycles. The summed E-state index contributed by atoms with van der Waals surface area (Å²) in [5.74, 6) is -0.325. The smallest absolute Gasteiger partial charge is 0.268 e. The molecular formula is C16H12FNO2S. The van der Waals surface area contributed by atoms with E-state index in [9.17, 15) is 14.3 Å². The minimum Gasteiger partial charge on any atom is -0.508 e. The molecule has 0 fully saturated rings. The first-order valence-corrected chi connectivity index (χ1v) is 7.12. The van der Waals surface area contributed by atoms with Crippen LogP contribution >= 0.6 is 11.3 Å². The van der Waals surface area contributed by atoms with E-state index in [4.69, 9.17) is 0 Å². The van der Waals surface area contributed by atoms with Gasteiger partial charge in [-0.1, -0.05) is 6.07 Å². The van der Waals surface area contributed by atoms with Gasteiger partial charge in [-0.3, -0.25) is 4.79 Å². The van der Waals surface area contributed by atoms with Gasteiger partial charge in [0.25, 0.3) is 5.91 Å². The van der Waals surface area contributed by atoms with Crippen LogP contribution in [-0.4, -0.2) is 18.1 Å². The minimum absolute atomic E-state index is 0.150. The number of hydrogen-bond acceptors (Lipinski definition) is 3. The van der Waals surface area contributed by atoms with Crippen LogP contribution in [0.5, 0.6) is 5.75 Å². The molecule has 0 aliphatic rings. The number of halogens is 1. The van der Waals surface area contributed by atoms with Crippen molar-refractivity contribution in [2.75, 3.05) is 11.9 Å². The van der Waals surface area contributed by atoms with E-state index in [1.807, 2.05) is 0 Å². The second-order valence-corrected chi connectivity index (χ2v) is 5.76. The SMILES string of the molecule is CN(C(=O)c1cc2ccc(F)cc2s1)c1ccc(O)cc1. The van der Waals surface area contributed by atoms with Gasteiger partial charge in [0.15, 0.2) is 0 Å². The fraction of sp³-hybridized carbons (Fsp3) is 0.0625. The zero-order valence-electron chi connectivity index (χ0n) is 11.2. The highest BCUT2D eigenvalue weighted by molar-refractivity contribution is 7.20. The molecule has 1 aromatic heterocycles. The number of nitrogens with zero attached hydrogens (tertiary/aromatic N) is 1. The first kappa shape index (κ1) is 13.6. The molecule has 0 unspecified atom stereocenters. The molecule has 0 aliphatic carbocycles. The van der Waals surface area contributed by atoms with Gasteiger partial charge in [0.2, 0.25) is 0 Å². The molecule has 21 heavy (non-hydrogen) atoms. The van der Waals surface area contributed by atoms with Crippen LogP contribution in [0.25, 0.3) is 10.1 Å². The Bertz CT molecular complexity index is 811. The van der Waals surface area contributed by atoms with Crippen molar-refractivity contribution in [3.05, 3.63) is 59.2 Å². The highest BCUT2D eigenvalue weighted by Crippen LogP contribution is 2.28. The number of benzene rings is 2. The highest BCUT2D eigenvalue weighted by Gasteiger charge is 2.16. The van der Waals surface area contributed by atoms with Gasteiger partial charge in [0.05, 0.1) is 4.88 Å². The molecule has 0 bridgehead atoms. The van der Waals surface area contributed by atoms with E-state index in [0.717, 1.165) is 10.1 Å². The number of hydrogen-bond donors (Lipinski definition) is 1. The number of phenolic OH excluding ortho intramolecular Hbond substituents is 1. The molecule has 1 heterocycles. The Morgan fingerprint density at radius 1 is 1.14 bits per heavy atom. The average Bonchev–Trinajstić information content (AvgIpc) is 2.89. The Labute approximate surface area is 124 Å². The molecule has 5 heteroatoms. The molecule has 3 aromatic rings. The molecule has 106 valence electrons. The molecule has 3 nitrogen and oxygen atoms in total. The number of rotatable bonds is 2. The summed E-state index contributed by atoms with van der Waals surface area (Å²) in [5, 5.41) is 10.1. The van der Waals surface area contributed by atoms with Crippen LogP contribution < -0.4 is 4.90 Å². The van der Waals surface area contributed by atoms with E-state index in [1.54, 1.807) is 31.3 Å². The van der Waals surface area contributed by atoms with Crippen LogP contribution in [0.3, 0.4) is 0 Å². The average molecular weight is 301 g/mol. The van der Waals surface area contributed by atoms with Gasteiger partial charge in [-0.25, -0.2) is 4.39 Å². The summed E-state index contributed by atoms with van der Waals surface area (Å²) < 4.78 is 13.9. The molecule has 2 aromatic carbocycles. The molecule has 0 radical (unpaired) electrons. The molecule has 1 amide bonds. The van der Waals surface area contributed by atoms with E-state index in [2.05, 4.69) is 0 Å². The van der Waals surface area contributed by atoms with Crippen LogP contribution in [-0.2, 0) is 0 Å². The summed E-state index contributed by atoms with van der Waals surface area (Å²) in [6, 6.07) is 12.6. The lowest BCUT2D eigenvalue weighted by Gasteiger charge is -2.16. The van der Waals surface area contributed by atoms with E-state index in [1.165, 1.54) is 40.5 Å². The van der Waals surface area contributed by atoms with Crippen LogP contribution in [0.1, 0.15) is 9.67 Å². The molecule has 0 saturated carbocycles. The molecular weight excluding hydrogens is 289 g/mol. The standard InChI is InChI=1S/C16H12FNO2S/c1-18(12-4-6-13(19)7-5-12)16(20)15-8-10-2-3-11(17)9-14(10)21-15/h2-9,19H,1H3. The van der Waals surface area contributed by atoms with Gasteiger partial charge in [0, 0.05) is 17.4 Å². The third kappa shape index (κ3) is 2.60. The minimum atomic E-state index is -0.310. The predicted octanol–water partition coefficient (Wildman–Crippen LogP) is 4.02. The van der Waals surface area contributed by atoms with E-state index < -0.39 is 0 Å². The quantitative estimate of drug-likeness (QED) is 0.776. The molecule has 3 rings (SSSR count). The van der Waals surface area contributed by atoms with Crippen molar-refractivity contribution in [3.8, 4) is 5.75 Å². The van der Waals surface area contributed by atoms with Gasteiger partial charge < -0.3 is 10.0 Å². The van der Waals surface area contributed by atoms with Crippen molar-refractivity contribution in [2.24, 2.45) is 0 Å². The molecule has 1 N–H and O–H groups in total. The van der Waals surface area contributed by atoms with Crippen LogP contribution in [0, 0.1) is 5.82 Å². The fourth-order valence-electron chi connectivity index (χ4n) is 2.07. The molecule has 0 spiro atoms. The zero-order chi connectivity index (χ0) is 15.0. The monoisotopic (exact) mass is 301 g/mol. The fourth-order valence-corrected chi connectivity index (χ4v) is 3.13. The molecule has 0 saturated heterocycles. The first-order valence-electron chi connectivity index (χ1n) is 6.31. The van der Waals surface area contributed by atoms with Crippen molar-refractivity contribution in [1.82, 2.24) is 0 Å². The summed E-state index contributed by atoms with van der Waals surface area (Å²) >= 11 is 1.27. The first-order chi connectivity index (χ1) is 10.0. The second kappa shape index (κ2) is 5.18. The van der Waals surface area contributed by atoms with Crippen molar-refractivity contribution >= 4 is 33.0 Å². The van der Waals surface area contributed by atoms with Gasteiger partial charge in [-0.2, -0.15) is 0 Å². The summed E-state index contributed by atoms with van der Waals surface area (Å²) in [5.41, 5.74) is 0.682. The third-order valence-electron chi connectivity index (χ3n) is 3.23. The third-order valence-corrected chi connectivity index (χ3v) is 4.32. The zero-order valence-corrected chi connectivity index (χ0v) is 12.0. The van der Waals surface area contributed by atoms with Gasteiger partial charge in [-0.15, -0.1) is 11.3 Å². The summed E-state index contributed by atoms with van der Waals surface area (Å²) in [4.78, 5) is 14.5. The summed E-state index contributed by atoms with van der Waals surface area (Å²) in [6.07, 6.45) is 0. The Morgan fingerprint density at radius 2 is 1.86 bits per heavy atom. The maximum atomic E-state index is 13.2. The van der Waals surface area contributed by atoms with Crippen LogP contribution in [0.4, 0.5) is 10.1 Å². The van der Waals surface area contributed by atoms with E-state index in [0.29, 0.717) is 10.6 Å². The van der Waals surface area contributed by atoms with Gasteiger partial charge in [-0.05, 0) is 47.9 Å². The number of carbonyl (C=O) groups is 1. The number of phenols is 1. The van der Waals surface area contributed by atoms with E-state index in [-0.39, 0.29) is 17.5 Å². The summed E-state index contributed by atoms with van der Waals surface area (Å²) in [7, 11) is 1.67. The number of carbonyl (C=O) groups excluding carboxylic acids is 1. The molecule has 0 atom stereocenters. The second-order valence-electron chi connectivity index (χ2n) is 4.67. The van der Waals surface area contributed by atoms with E-state index >= 15 is 0 Å².